The zero-order valence-electron chi connectivity index (χ0n) is 14.8. The van der Waals surface area contributed by atoms with Gasteiger partial charge in [0, 0.05) is 0 Å². The molecule has 7 heteroatoms. The summed E-state index contributed by atoms with van der Waals surface area (Å²) in [4.78, 5) is 4.14. The number of hydrogen-bond acceptors (Lipinski definition) is 5. The topological polar surface area (TPSA) is 74.7 Å². The third-order valence-corrected chi connectivity index (χ3v) is 4.66. The van der Waals surface area contributed by atoms with Crippen LogP contribution in [-0.2, 0) is 9.31 Å². The normalized spacial score (nSPS) is 19.3. The van der Waals surface area contributed by atoms with Crippen LogP contribution in [0.15, 0.2) is 35.6 Å². The Labute approximate surface area is 142 Å². The van der Waals surface area contributed by atoms with Gasteiger partial charge in [0.25, 0.3) is 0 Å². The molecule has 0 unspecified atom stereocenters. The first-order valence-electron chi connectivity index (χ1n) is 8.00. The Morgan fingerprint density at radius 3 is 2.38 bits per heavy atom. The van der Waals surface area contributed by atoms with Crippen LogP contribution in [0, 0.1) is 6.92 Å². The minimum absolute atomic E-state index is 0.358. The van der Waals surface area contributed by atoms with Crippen LogP contribution in [0.4, 0.5) is 5.95 Å². The van der Waals surface area contributed by atoms with Gasteiger partial charge in [-0.25, -0.2) is 9.66 Å². The Balaban J connectivity index is 1.91. The molecule has 0 atom stereocenters. The molecule has 0 bridgehead atoms. The fourth-order valence-electron chi connectivity index (χ4n) is 2.53. The van der Waals surface area contributed by atoms with Crippen LogP contribution < -0.4 is 11.2 Å². The summed E-state index contributed by atoms with van der Waals surface area (Å²) in [5.74, 6) is 0.358. The molecule has 3 rings (SSSR count). The fraction of sp³-hybridized carbons (Fsp3) is 0.412. The molecule has 0 saturated carbocycles. The van der Waals surface area contributed by atoms with Crippen molar-refractivity contribution in [1.29, 1.82) is 0 Å². The van der Waals surface area contributed by atoms with Crippen LogP contribution in [-0.4, -0.2) is 34.2 Å². The Hall–Kier alpha value is -2.12. The summed E-state index contributed by atoms with van der Waals surface area (Å²) in [5.41, 5.74) is 7.74. The van der Waals surface area contributed by atoms with Crippen molar-refractivity contribution in [3.8, 4) is 0 Å². The predicted molar refractivity (Wildman–Crippen MR) is 96.5 cm³/mol. The summed E-state index contributed by atoms with van der Waals surface area (Å²) in [6.45, 7) is 10.0. The van der Waals surface area contributed by atoms with E-state index < -0.39 is 7.12 Å². The van der Waals surface area contributed by atoms with E-state index in [4.69, 9.17) is 15.0 Å². The van der Waals surface area contributed by atoms with Crippen molar-refractivity contribution in [1.82, 2.24) is 9.66 Å². The van der Waals surface area contributed by atoms with Crippen molar-refractivity contribution in [3.05, 3.63) is 41.7 Å². The Morgan fingerprint density at radius 1 is 1.17 bits per heavy atom. The fourth-order valence-corrected chi connectivity index (χ4v) is 2.53. The summed E-state index contributed by atoms with van der Waals surface area (Å²) >= 11 is 0. The van der Waals surface area contributed by atoms with Crippen molar-refractivity contribution in [2.75, 3.05) is 5.73 Å². The molecule has 1 saturated heterocycles. The van der Waals surface area contributed by atoms with Crippen LogP contribution in [0.25, 0.3) is 0 Å². The molecule has 1 aromatic carbocycles. The zero-order valence-corrected chi connectivity index (χ0v) is 14.8. The van der Waals surface area contributed by atoms with E-state index in [1.54, 1.807) is 17.1 Å². The van der Waals surface area contributed by atoms with E-state index in [0.717, 1.165) is 16.7 Å². The molecule has 2 N–H and O–H groups in total. The molecular weight excluding hydrogens is 303 g/mol. The summed E-state index contributed by atoms with van der Waals surface area (Å²) in [5, 5.41) is 4.39. The number of imidazole rings is 1. The first-order valence-corrected chi connectivity index (χ1v) is 8.00. The van der Waals surface area contributed by atoms with Gasteiger partial charge in [-0.3, -0.25) is 0 Å². The quantitative estimate of drug-likeness (QED) is 0.691. The summed E-state index contributed by atoms with van der Waals surface area (Å²) in [7, 11) is -0.431. The molecule has 0 aliphatic carbocycles. The highest BCUT2D eigenvalue weighted by Gasteiger charge is 2.52. The van der Waals surface area contributed by atoms with Gasteiger partial charge in [-0.2, -0.15) is 5.10 Å². The van der Waals surface area contributed by atoms with Crippen molar-refractivity contribution in [2.24, 2.45) is 5.10 Å². The largest absolute Gasteiger partial charge is 0.495 e. The third kappa shape index (κ3) is 2.97. The third-order valence-electron chi connectivity index (χ3n) is 4.66. The number of rotatable bonds is 3. The van der Waals surface area contributed by atoms with Gasteiger partial charge in [0.1, 0.15) is 0 Å². The van der Waals surface area contributed by atoms with Gasteiger partial charge in [0.2, 0.25) is 5.95 Å². The number of aryl methyl sites for hydroxylation is 1. The molecule has 126 valence electrons. The lowest BCUT2D eigenvalue weighted by Gasteiger charge is -2.32. The summed E-state index contributed by atoms with van der Waals surface area (Å²) < 4.78 is 13.8. The average molecular weight is 326 g/mol. The van der Waals surface area contributed by atoms with E-state index in [2.05, 4.69) is 10.1 Å². The van der Waals surface area contributed by atoms with E-state index in [1.807, 2.05) is 58.9 Å². The number of nitrogens with zero attached hydrogens (tertiary/aromatic N) is 3. The molecular formula is C17H23BN4O2. The number of hydrogen-bond donors (Lipinski definition) is 1. The highest BCUT2D eigenvalue weighted by Crippen LogP contribution is 2.36. The maximum Gasteiger partial charge on any atom is 0.495 e. The molecule has 2 aromatic rings. The van der Waals surface area contributed by atoms with Gasteiger partial charge in [0.15, 0.2) is 0 Å². The monoisotopic (exact) mass is 326 g/mol. The standard InChI is InChI=1S/C17H23BN4O2/c1-12-11-22(15(19)21-12)20-10-13-8-6-7-9-14(13)18-23-16(2,3)17(4,5)24-18/h6-11H,1-5H3,(H2,19,21). The van der Waals surface area contributed by atoms with Crippen molar-refractivity contribution in [3.63, 3.8) is 0 Å². The van der Waals surface area contributed by atoms with Crippen LogP contribution in [0.5, 0.6) is 0 Å². The van der Waals surface area contributed by atoms with E-state index in [9.17, 15) is 0 Å². The van der Waals surface area contributed by atoms with Crippen molar-refractivity contribution in [2.45, 2.75) is 45.8 Å². The van der Waals surface area contributed by atoms with Gasteiger partial charge in [-0.1, -0.05) is 24.3 Å². The van der Waals surface area contributed by atoms with Crippen LogP contribution in [0.1, 0.15) is 39.0 Å². The molecule has 1 fully saturated rings. The van der Waals surface area contributed by atoms with E-state index in [-0.39, 0.29) is 11.2 Å². The van der Waals surface area contributed by atoms with Crippen molar-refractivity contribution >= 4 is 24.7 Å². The second-order valence-corrected chi connectivity index (χ2v) is 7.05. The van der Waals surface area contributed by atoms with Gasteiger partial charge in [-0.05, 0) is 45.6 Å². The minimum atomic E-state index is -0.431. The minimum Gasteiger partial charge on any atom is -0.399 e. The lowest BCUT2D eigenvalue weighted by atomic mass is 9.76. The predicted octanol–water partition coefficient (Wildman–Crippen LogP) is 1.96. The zero-order chi connectivity index (χ0) is 17.5. The molecule has 1 aliphatic rings. The van der Waals surface area contributed by atoms with Crippen LogP contribution in [0.2, 0.25) is 0 Å². The number of nitrogen functional groups attached to an aromatic ring is 1. The van der Waals surface area contributed by atoms with Gasteiger partial charge >= 0.3 is 7.12 Å². The van der Waals surface area contributed by atoms with Gasteiger partial charge < -0.3 is 15.0 Å². The number of benzene rings is 1. The Kier molecular flexibility index (Phi) is 4.01. The van der Waals surface area contributed by atoms with Crippen molar-refractivity contribution < 1.29 is 9.31 Å². The van der Waals surface area contributed by atoms with Crippen LogP contribution in [0.3, 0.4) is 0 Å². The van der Waals surface area contributed by atoms with E-state index in [0.29, 0.717) is 5.95 Å². The SMILES string of the molecule is Cc1cn(N=Cc2ccccc2B2OC(C)(C)C(C)(C)O2)c(N)n1. The summed E-state index contributed by atoms with van der Waals surface area (Å²) in [6.07, 6.45) is 3.53. The number of anilines is 1. The molecule has 0 spiro atoms. The lowest BCUT2D eigenvalue weighted by Crippen LogP contribution is -2.41. The van der Waals surface area contributed by atoms with Gasteiger partial charge in [0.05, 0.1) is 29.3 Å². The highest BCUT2D eigenvalue weighted by atomic mass is 16.7. The highest BCUT2D eigenvalue weighted by molar-refractivity contribution is 6.63. The second kappa shape index (κ2) is 5.75. The molecule has 0 amide bonds. The van der Waals surface area contributed by atoms with Gasteiger partial charge in [-0.15, -0.1) is 0 Å². The molecule has 24 heavy (non-hydrogen) atoms. The Bertz CT molecular complexity index is 767. The van der Waals surface area contributed by atoms with E-state index >= 15 is 0 Å². The molecule has 0 radical (unpaired) electrons. The number of aromatic nitrogens is 2. The molecule has 2 heterocycles. The Morgan fingerprint density at radius 2 is 1.79 bits per heavy atom. The summed E-state index contributed by atoms with van der Waals surface area (Å²) in [6, 6.07) is 7.89. The molecule has 1 aliphatic heterocycles. The lowest BCUT2D eigenvalue weighted by molar-refractivity contribution is 0.00578. The maximum atomic E-state index is 6.14. The van der Waals surface area contributed by atoms with E-state index in [1.165, 1.54) is 0 Å². The molecule has 6 nitrogen and oxygen atoms in total. The first kappa shape index (κ1) is 16.7. The average Bonchev–Trinajstić information content (AvgIpc) is 2.92. The second-order valence-electron chi connectivity index (χ2n) is 7.05. The van der Waals surface area contributed by atoms with Crippen LogP contribution >= 0.6 is 0 Å². The number of nitrogens with two attached hydrogens (primary N) is 1. The first-order chi connectivity index (χ1) is 11.2. The molecule has 1 aromatic heterocycles. The maximum absolute atomic E-state index is 6.14. The smallest absolute Gasteiger partial charge is 0.399 e.